The molecular formula is C22H39N7O. The number of aromatic nitrogens is 1. The van der Waals surface area contributed by atoms with Gasteiger partial charge in [-0.2, -0.15) is 0 Å². The van der Waals surface area contributed by atoms with Crippen molar-refractivity contribution in [3.63, 3.8) is 0 Å². The van der Waals surface area contributed by atoms with Gasteiger partial charge < -0.3 is 25.2 Å². The van der Waals surface area contributed by atoms with Crippen molar-refractivity contribution in [3.8, 4) is 0 Å². The van der Waals surface area contributed by atoms with E-state index in [1.165, 1.54) is 0 Å². The molecular weight excluding hydrogens is 378 g/mol. The first kappa shape index (κ1) is 22.8. The molecule has 2 saturated heterocycles. The minimum atomic E-state index is 0.0473. The molecule has 0 amide bonds. The molecule has 2 N–H and O–H groups in total. The Balaban J connectivity index is 1.53. The van der Waals surface area contributed by atoms with Gasteiger partial charge in [0.1, 0.15) is 5.82 Å². The lowest BCUT2D eigenvalue weighted by Crippen LogP contribution is -2.56. The summed E-state index contributed by atoms with van der Waals surface area (Å²) in [6, 6.07) is 4.27. The first-order valence-corrected chi connectivity index (χ1v) is 11.2. The number of nitrogens with zero attached hydrogens (tertiary/aromatic N) is 5. The van der Waals surface area contributed by atoms with Gasteiger partial charge in [-0.25, -0.2) is 9.98 Å². The van der Waals surface area contributed by atoms with Crippen molar-refractivity contribution in [3.05, 3.63) is 23.9 Å². The molecule has 3 rings (SSSR count). The van der Waals surface area contributed by atoms with E-state index in [4.69, 9.17) is 9.73 Å². The highest BCUT2D eigenvalue weighted by Gasteiger charge is 2.28. The maximum Gasteiger partial charge on any atom is 0.191 e. The number of likely N-dealkylation sites (N-methyl/N-ethyl adjacent to an activating group) is 1. The van der Waals surface area contributed by atoms with Crippen LogP contribution in [-0.2, 0) is 11.3 Å². The summed E-state index contributed by atoms with van der Waals surface area (Å²) in [7, 11) is 2.17. The number of hydrogen-bond donors (Lipinski definition) is 2. The normalized spacial score (nSPS) is 19.7. The van der Waals surface area contributed by atoms with Crippen molar-refractivity contribution in [2.45, 2.75) is 32.9 Å². The number of nitrogens with one attached hydrogen (secondary N) is 2. The molecule has 30 heavy (non-hydrogen) atoms. The second-order valence-electron chi connectivity index (χ2n) is 8.78. The van der Waals surface area contributed by atoms with Gasteiger partial charge in [-0.15, -0.1) is 0 Å². The van der Waals surface area contributed by atoms with Crippen LogP contribution in [-0.4, -0.2) is 98.9 Å². The number of anilines is 1. The summed E-state index contributed by atoms with van der Waals surface area (Å²) >= 11 is 0. The van der Waals surface area contributed by atoms with Gasteiger partial charge in [0.05, 0.1) is 19.8 Å². The lowest BCUT2D eigenvalue weighted by Gasteiger charge is -2.41. The summed E-state index contributed by atoms with van der Waals surface area (Å²) in [5, 5.41) is 6.88. The van der Waals surface area contributed by atoms with Crippen LogP contribution in [0.25, 0.3) is 0 Å². The number of pyridine rings is 1. The Morgan fingerprint density at radius 3 is 2.47 bits per heavy atom. The first-order chi connectivity index (χ1) is 14.5. The molecule has 0 bridgehead atoms. The van der Waals surface area contributed by atoms with Crippen LogP contribution in [0.4, 0.5) is 5.82 Å². The number of hydrogen-bond acceptors (Lipinski definition) is 6. The van der Waals surface area contributed by atoms with Crippen LogP contribution in [0.2, 0.25) is 0 Å². The summed E-state index contributed by atoms with van der Waals surface area (Å²) in [5.74, 6) is 1.91. The standard InChI is InChI=1S/C22H39N7O/c1-5-23-21(26-18-22(2,3)29-12-14-30-15-13-29)25-17-19-6-7-20(24-16-19)28-10-8-27(4)9-11-28/h6-7,16H,5,8-15,17-18H2,1-4H3,(H2,23,25,26). The van der Waals surface area contributed by atoms with E-state index in [-0.39, 0.29) is 5.54 Å². The van der Waals surface area contributed by atoms with E-state index in [2.05, 4.69) is 70.3 Å². The molecule has 2 fully saturated rings. The van der Waals surface area contributed by atoms with E-state index in [1.54, 1.807) is 0 Å². The van der Waals surface area contributed by atoms with E-state index in [0.717, 1.165) is 82.9 Å². The number of piperazine rings is 1. The Hall–Kier alpha value is -1.90. The minimum Gasteiger partial charge on any atom is -0.379 e. The molecule has 0 aromatic carbocycles. The summed E-state index contributed by atoms with van der Waals surface area (Å²) in [5.41, 5.74) is 1.17. The van der Waals surface area contributed by atoms with Crippen molar-refractivity contribution in [2.75, 3.05) is 77.5 Å². The monoisotopic (exact) mass is 417 g/mol. The van der Waals surface area contributed by atoms with Gasteiger partial charge in [-0.05, 0) is 39.4 Å². The van der Waals surface area contributed by atoms with Gasteiger partial charge in [0.25, 0.3) is 0 Å². The SMILES string of the molecule is CCNC(=NCc1ccc(N2CCN(C)CC2)nc1)NCC(C)(C)N1CCOCC1. The number of ether oxygens (including phenoxy) is 1. The third-order valence-corrected chi connectivity index (χ3v) is 5.96. The molecule has 2 aliphatic rings. The molecule has 168 valence electrons. The Labute approximate surface area is 181 Å². The molecule has 0 aliphatic carbocycles. The van der Waals surface area contributed by atoms with Gasteiger partial charge in [-0.1, -0.05) is 6.07 Å². The van der Waals surface area contributed by atoms with Crippen LogP contribution in [0.5, 0.6) is 0 Å². The Morgan fingerprint density at radius 2 is 1.83 bits per heavy atom. The fourth-order valence-corrected chi connectivity index (χ4v) is 3.83. The van der Waals surface area contributed by atoms with Gasteiger partial charge in [-0.3, -0.25) is 4.90 Å². The van der Waals surface area contributed by atoms with Gasteiger partial charge >= 0.3 is 0 Å². The molecule has 8 nitrogen and oxygen atoms in total. The maximum atomic E-state index is 5.49. The van der Waals surface area contributed by atoms with E-state index < -0.39 is 0 Å². The molecule has 8 heteroatoms. The maximum absolute atomic E-state index is 5.49. The van der Waals surface area contributed by atoms with E-state index in [1.807, 2.05) is 6.20 Å². The van der Waals surface area contributed by atoms with Crippen LogP contribution in [0, 0.1) is 0 Å². The molecule has 0 unspecified atom stereocenters. The van der Waals surface area contributed by atoms with Crippen molar-refractivity contribution >= 4 is 11.8 Å². The van der Waals surface area contributed by atoms with Crippen molar-refractivity contribution in [1.29, 1.82) is 0 Å². The van der Waals surface area contributed by atoms with Gasteiger partial charge in [0.15, 0.2) is 5.96 Å². The summed E-state index contributed by atoms with van der Waals surface area (Å²) in [6.45, 7) is 16.8. The van der Waals surface area contributed by atoms with E-state index in [9.17, 15) is 0 Å². The third kappa shape index (κ3) is 6.55. The molecule has 3 heterocycles. The van der Waals surface area contributed by atoms with E-state index in [0.29, 0.717) is 6.54 Å². The highest BCUT2D eigenvalue weighted by atomic mass is 16.5. The summed E-state index contributed by atoms with van der Waals surface area (Å²) in [6.07, 6.45) is 1.96. The molecule has 1 aromatic heterocycles. The fourth-order valence-electron chi connectivity index (χ4n) is 3.83. The fraction of sp³-hybridized carbons (Fsp3) is 0.727. The number of rotatable bonds is 7. The number of morpholine rings is 1. The van der Waals surface area contributed by atoms with Crippen LogP contribution >= 0.6 is 0 Å². The average Bonchev–Trinajstić information content (AvgIpc) is 2.77. The van der Waals surface area contributed by atoms with Crippen molar-refractivity contribution in [2.24, 2.45) is 4.99 Å². The second kappa shape index (κ2) is 10.9. The zero-order valence-electron chi connectivity index (χ0n) is 19.2. The Bertz CT molecular complexity index is 663. The van der Waals surface area contributed by atoms with E-state index >= 15 is 0 Å². The first-order valence-electron chi connectivity index (χ1n) is 11.2. The topological polar surface area (TPSA) is 68.3 Å². The number of guanidine groups is 1. The zero-order chi connectivity index (χ0) is 21.4. The quantitative estimate of drug-likeness (QED) is 0.507. The molecule has 0 radical (unpaired) electrons. The minimum absolute atomic E-state index is 0.0473. The zero-order valence-corrected chi connectivity index (χ0v) is 19.2. The van der Waals surface area contributed by atoms with Gasteiger partial charge in [0.2, 0.25) is 0 Å². The van der Waals surface area contributed by atoms with Crippen LogP contribution in [0.15, 0.2) is 23.3 Å². The van der Waals surface area contributed by atoms with Crippen LogP contribution < -0.4 is 15.5 Å². The second-order valence-corrected chi connectivity index (χ2v) is 8.78. The van der Waals surface area contributed by atoms with Crippen LogP contribution in [0.3, 0.4) is 0 Å². The summed E-state index contributed by atoms with van der Waals surface area (Å²) < 4.78 is 5.49. The molecule has 0 atom stereocenters. The smallest absolute Gasteiger partial charge is 0.191 e. The number of aliphatic imine (C=N–C) groups is 1. The molecule has 2 aliphatic heterocycles. The molecule has 0 saturated carbocycles. The van der Waals surface area contributed by atoms with Crippen LogP contribution in [0.1, 0.15) is 26.3 Å². The van der Waals surface area contributed by atoms with Gasteiger partial charge in [0, 0.05) is 64.1 Å². The third-order valence-electron chi connectivity index (χ3n) is 5.96. The largest absolute Gasteiger partial charge is 0.379 e. The highest BCUT2D eigenvalue weighted by Crippen LogP contribution is 2.16. The summed E-state index contributed by atoms with van der Waals surface area (Å²) in [4.78, 5) is 16.6. The van der Waals surface area contributed by atoms with Crippen molar-refractivity contribution in [1.82, 2.24) is 25.4 Å². The Kier molecular flexibility index (Phi) is 8.30. The molecule has 0 spiro atoms. The Morgan fingerprint density at radius 1 is 1.10 bits per heavy atom. The predicted molar refractivity (Wildman–Crippen MR) is 123 cm³/mol. The molecule has 1 aromatic rings. The average molecular weight is 418 g/mol. The van der Waals surface area contributed by atoms with Crippen molar-refractivity contribution < 1.29 is 4.74 Å². The predicted octanol–water partition coefficient (Wildman–Crippen LogP) is 0.999. The highest BCUT2D eigenvalue weighted by molar-refractivity contribution is 5.79. The lowest BCUT2D eigenvalue weighted by molar-refractivity contribution is -0.00834. The lowest BCUT2D eigenvalue weighted by atomic mass is 10.0.